The molecule has 6 heteroatoms. The zero-order valence-electron chi connectivity index (χ0n) is 14.7. The summed E-state index contributed by atoms with van der Waals surface area (Å²) >= 11 is 5.81. The second-order valence-corrected chi connectivity index (χ2v) is 7.87. The summed E-state index contributed by atoms with van der Waals surface area (Å²) in [5, 5.41) is 4.10. The molecule has 1 aliphatic carbocycles. The van der Waals surface area contributed by atoms with Crippen molar-refractivity contribution in [1.29, 1.82) is 0 Å². The van der Waals surface area contributed by atoms with E-state index in [0.717, 1.165) is 24.1 Å². The highest BCUT2D eigenvalue weighted by Crippen LogP contribution is 2.42. The van der Waals surface area contributed by atoms with Gasteiger partial charge in [-0.25, -0.2) is 0 Å². The van der Waals surface area contributed by atoms with Gasteiger partial charge in [0.1, 0.15) is 17.8 Å². The number of nitrogens with zero attached hydrogens (tertiary/aromatic N) is 2. The molecule has 23 heavy (non-hydrogen) atoms. The van der Waals surface area contributed by atoms with E-state index >= 15 is 0 Å². The Hall–Kier alpha value is -1.07. The molecule has 1 saturated carbocycles. The predicted octanol–water partition coefficient (Wildman–Crippen LogP) is 3.35. The zero-order chi connectivity index (χ0) is 17.3. The maximum absolute atomic E-state index is 12.3. The van der Waals surface area contributed by atoms with Crippen molar-refractivity contribution in [1.82, 2.24) is 10.1 Å². The number of amides is 1. The highest BCUT2D eigenvalue weighted by Gasteiger charge is 2.43. The molecule has 0 bridgehead atoms. The fourth-order valence-electron chi connectivity index (χ4n) is 2.91. The number of hydrogen-bond acceptors (Lipinski definition) is 4. The topological polar surface area (TPSA) is 55.6 Å². The van der Waals surface area contributed by atoms with Crippen molar-refractivity contribution in [2.24, 2.45) is 5.92 Å². The van der Waals surface area contributed by atoms with Crippen LogP contribution in [0, 0.1) is 5.92 Å². The van der Waals surface area contributed by atoms with E-state index in [9.17, 15) is 4.79 Å². The second-order valence-electron chi connectivity index (χ2n) is 7.60. The molecule has 1 atom stereocenters. The molecule has 1 fully saturated rings. The van der Waals surface area contributed by atoms with Crippen LogP contribution >= 0.6 is 11.6 Å². The lowest BCUT2D eigenvalue weighted by Gasteiger charge is -2.34. The first-order valence-corrected chi connectivity index (χ1v) is 8.57. The van der Waals surface area contributed by atoms with E-state index in [-0.39, 0.29) is 22.8 Å². The van der Waals surface area contributed by atoms with Crippen molar-refractivity contribution in [2.75, 3.05) is 19.5 Å². The van der Waals surface area contributed by atoms with Crippen molar-refractivity contribution in [2.45, 2.75) is 58.1 Å². The monoisotopic (exact) mass is 342 g/mol. The quantitative estimate of drug-likeness (QED) is 0.713. The molecule has 0 N–H and O–H groups in total. The van der Waals surface area contributed by atoms with Gasteiger partial charge in [0.25, 0.3) is 0 Å². The third-order valence-electron chi connectivity index (χ3n) is 4.67. The molecule has 1 aromatic rings. The van der Waals surface area contributed by atoms with E-state index in [4.69, 9.17) is 20.9 Å². The average Bonchev–Trinajstić information content (AvgIpc) is 3.24. The van der Waals surface area contributed by atoms with Gasteiger partial charge in [-0.05, 0) is 31.1 Å². The zero-order valence-corrected chi connectivity index (χ0v) is 15.4. The maximum atomic E-state index is 12.3. The van der Waals surface area contributed by atoms with E-state index < -0.39 is 0 Å². The Labute approximate surface area is 143 Å². The highest BCUT2D eigenvalue weighted by molar-refractivity contribution is 6.27. The smallest absolute Gasteiger partial charge is 0.237 e. The number of ether oxygens (including phenoxy) is 1. The standard InChI is InChI=1S/C17H27ClN2O3/c1-16(2,3)13-10-23-19-14(13)9-20(15(21)8-18)11-17(4,22-5)12-6-7-12/h10,12H,6-9,11H2,1-5H3. The molecule has 2 rings (SSSR count). The molecule has 5 nitrogen and oxygen atoms in total. The lowest BCUT2D eigenvalue weighted by molar-refractivity contribution is -0.134. The second kappa shape index (κ2) is 6.81. The van der Waals surface area contributed by atoms with Crippen LogP contribution in [0.3, 0.4) is 0 Å². The normalized spacial score (nSPS) is 17.8. The van der Waals surface area contributed by atoms with Gasteiger partial charge < -0.3 is 14.2 Å². The van der Waals surface area contributed by atoms with Gasteiger partial charge in [0.15, 0.2) is 0 Å². The minimum atomic E-state index is -0.340. The van der Waals surface area contributed by atoms with Gasteiger partial charge in [0.2, 0.25) is 5.91 Å². The predicted molar refractivity (Wildman–Crippen MR) is 89.5 cm³/mol. The summed E-state index contributed by atoms with van der Waals surface area (Å²) in [4.78, 5) is 14.1. The first-order chi connectivity index (χ1) is 10.7. The number of hydrogen-bond donors (Lipinski definition) is 0. The van der Waals surface area contributed by atoms with E-state index in [1.807, 2.05) is 0 Å². The van der Waals surface area contributed by atoms with E-state index in [0.29, 0.717) is 19.0 Å². The Balaban J connectivity index is 2.20. The minimum absolute atomic E-state index is 0.0484. The largest absolute Gasteiger partial charge is 0.376 e. The Morgan fingerprint density at radius 3 is 2.57 bits per heavy atom. The Morgan fingerprint density at radius 2 is 2.09 bits per heavy atom. The van der Waals surface area contributed by atoms with Gasteiger partial charge in [-0.2, -0.15) is 0 Å². The first kappa shape index (κ1) is 18.3. The summed E-state index contributed by atoms with van der Waals surface area (Å²) in [7, 11) is 1.71. The van der Waals surface area contributed by atoms with Crippen LogP contribution < -0.4 is 0 Å². The molecule has 1 heterocycles. The van der Waals surface area contributed by atoms with Gasteiger partial charge in [-0.1, -0.05) is 25.9 Å². The molecule has 1 amide bonds. The summed E-state index contributed by atoms with van der Waals surface area (Å²) in [5.74, 6) is 0.337. The highest BCUT2D eigenvalue weighted by atomic mass is 35.5. The van der Waals surface area contributed by atoms with Crippen LogP contribution in [0.5, 0.6) is 0 Å². The SMILES string of the molecule is COC(C)(CN(Cc1nocc1C(C)(C)C)C(=O)CCl)C1CC1. The van der Waals surface area contributed by atoms with Crippen molar-refractivity contribution in [3.05, 3.63) is 17.5 Å². The maximum Gasteiger partial charge on any atom is 0.237 e. The molecule has 1 unspecified atom stereocenters. The third kappa shape index (κ3) is 4.27. The number of carbonyl (C=O) groups is 1. The van der Waals surface area contributed by atoms with Gasteiger partial charge in [-0.15, -0.1) is 11.6 Å². The summed E-state index contributed by atoms with van der Waals surface area (Å²) in [5.41, 5.74) is 1.36. The summed E-state index contributed by atoms with van der Waals surface area (Å²) in [6.07, 6.45) is 3.95. The van der Waals surface area contributed by atoms with Crippen LogP contribution in [-0.4, -0.2) is 41.1 Å². The van der Waals surface area contributed by atoms with Crippen molar-refractivity contribution in [3.63, 3.8) is 0 Å². The average molecular weight is 343 g/mol. The van der Waals surface area contributed by atoms with Gasteiger partial charge >= 0.3 is 0 Å². The van der Waals surface area contributed by atoms with E-state index in [1.165, 1.54) is 0 Å². The van der Waals surface area contributed by atoms with Gasteiger partial charge in [0, 0.05) is 12.7 Å². The minimum Gasteiger partial charge on any atom is -0.376 e. The summed E-state index contributed by atoms with van der Waals surface area (Å²) in [6.45, 7) is 9.25. The fraction of sp³-hybridized carbons (Fsp3) is 0.765. The van der Waals surface area contributed by atoms with Crippen LogP contribution in [0.25, 0.3) is 0 Å². The molecule has 0 radical (unpaired) electrons. The van der Waals surface area contributed by atoms with Crippen LogP contribution in [0.2, 0.25) is 0 Å². The summed E-state index contributed by atoms with van der Waals surface area (Å²) in [6, 6.07) is 0. The lowest BCUT2D eigenvalue weighted by Crippen LogP contribution is -2.47. The van der Waals surface area contributed by atoms with Gasteiger partial charge in [0.05, 0.1) is 18.7 Å². The summed E-state index contributed by atoms with van der Waals surface area (Å²) < 4.78 is 10.9. The number of aromatic nitrogens is 1. The Morgan fingerprint density at radius 1 is 1.43 bits per heavy atom. The van der Waals surface area contributed by atoms with Crippen LogP contribution in [-0.2, 0) is 21.5 Å². The van der Waals surface area contributed by atoms with E-state index in [1.54, 1.807) is 18.3 Å². The van der Waals surface area contributed by atoms with Crippen molar-refractivity contribution in [3.8, 4) is 0 Å². The molecule has 0 spiro atoms. The molecule has 130 valence electrons. The third-order valence-corrected chi connectivity index (χ3v) is 4.90. The number of methoxy groups -OCH3 is 1. The molecular weight excluding hydrogens is 316 g/mol. The number of alkyl halides is 1. The molecule has 0 aromatic carbocycles. The molecule has 0 saturated heterocycles. The van der Waals surface area contributed by atoms with Crippen LogP contribution in [0.1, 0.15) is 51.8 Å². The molecule has 0 aliphatic heterocycles. The lowest BCUT2D eigenvalue weighted by atomic mass is 9.87. The van der Waals surface area contributed by atoms with Crippen molar-refractivity contribution < 1.29 is 14.1 Å². The van der Waals surface area contributed by atoms with Crippen LogP contribution in [0.15, 0.2) is 10.8 Å². The van der Waals surface area contributed by atoms with Gasteiger partial charge in [-0.3, -0.25) is 4.79 Å². The number of rotatable bonds is 7. The number of halogens is 1. The fourth-order valence-corrected chi connectivity index (χ4v) is 3.08. The Kier molecular flexibility index (Phi) is 5.41. The van der Waals surface area contributed by atoms with Crippen LogP contribution in [0.4, 0.5) is 0 Å². The van der Waals surface area contributed by atoms with E-state index in [2.05, 4.69) is 32.9 Å². The Bertz CT molecular complexity index is 548. The van der Waals surface area contributed by atoms with Crippen molar-refractivity contribution >= 4 is 17.5 Å². The molecule has 1 aromatic heterocycles. The molecular formula is C17H27ClN2O3. The molecule has 1 aliphatic rings. The first-order valence-electron chi connectivity index (χ1n) is 8.04. The number of carbonyl (C=O) groups excluding carboxylic acids is 1.